The maximum Gasteiger partial charge on any atom is 0.334 e. The molecule has 0 spiro atoms. The second-order valence-electron chi connectivity index (χ2n) is 5.18. The highest BCUT2D eigenvalue weighted by Gasteiger charge is 2.13. The average molecular weight is 253 g/mol. The quantitative estimate of drug-likeness (QED) is 0.490. The summed E-state index contributed by atoms with van der Waals surface area (Å²) in [6, 6.07) is 2.75. The normalized spacial score (nSPS) is 11.5. The molecule has 0 fully saturated rings. The third-order valence-electron chi connectivity index (χ3n) is 2.43. The predicted molar refractivity (Wildman–Crippen MR) is 69.7 cm³/mol. The van der Waals surface area contributed by atoms with E-state index in [1.807, 2.05) is 0 Å². The fourth-order valence-corrected chi connectivity index (χ4v) is 1.55. The molecule has 0 radical (unpaired) electrons. The molecule has 6 heteroatoms. The van der Waals surface area contributed by atoms with Crippen molar-refractivity contribution in [3.05, 3.63) is 38.8 Å². The number of rotatable bonds is 5. The van der Waals surface area contributed by atoms with Crippen LogP contribution in [0.4, 0.5) is 5.69 Å². The lowest BCUT2D eigenvalue weighted by Gasteiger charge is -2.20. The predicted octanol–water partition coefficient (Wildman–Crippen LogP) is 1.53. The Morgan fingerprint density at radius 2 is 2.11 bits per heavy atom. The zero-order valence-corrected chi connectivity index (χ0v) is 11.0. The van der Waals surface area contributed by atoms with Gasteiger partial charge in [-0.25, -0.2) is 0 Å². The van der Waals surface area contributed by atoms with Gasteiger partial charge in [0.2, 0.25) is 0 Å². The molecule has 0 saturated heterocycles. The molecule has 6 nitrogen and oxygen atoms in total. The zero-order valence-electron chi connectivity index (χ0n) is 11.0. The number of nitrogens with one attached hydrogen (secondary N) is 1. The number of hydrogen-bond acceptors (Lipinski definition) is 4. The molecule has 1 N–H and O–H groups in total. The molecule has 0 aliphatic carbocycles. The minimum absolute atomic E-state index is 0.0354. The summed E-state index contributed by atoms with van der Waals surface area (Å²) in [7, 11) is 0. The molecule has 18 heavy (non-hydrogen) atoms. The highest BCUT2D eigenvalue weighted by molar-refractivity contribution is 5.24. The van der Waals surface area contributed by atoms with Gasteiger partial charge >= 0.3 is 11.2 Å². The number of nitrogens with zero attached hydrogens (tertiary/aromatic N) is 2. The fraction of sp³-hybridized carbons (Fsp3) is 0.583. The molecule has 1 heterocycles. The van der Waals surface area contributed by atoms with Crippen LogP contribution < -0.4 is 10.9 Å². The summed E-state index contributed by atoms with van der Waals surface area (Å²) >= 11 is 0. The van der Waals surface area contributed by atoms with Crippen LogP contribution in [0.2, 0.25) is 0 Å². The maximum atomic E-state index is 11.7. The van der Waals surface area contributed by atoms with Crippen molar-refractivity contribution in [3.63, 3.8) is 0 Å². The molecule has 1 rings (SSSR count). The van der Waals surface area contributed by atoms with Crippen LogP contribution in [0, 0.1) is 10.1 Å². The molecule has 0 bridgehead atoms. The number of hydrogen-bond donors (Lipinski definition) is 1. The highest BCUT2D eigenvalue weighted by atomic mass is 16.6. The van der Waals surface area contributed by atoms with Crippen molar-refractivity contribution >= 4 is 5.69 Å². The average Bonchev–Trinajstić information content (AvgIpc) is 2.24. The van der Waals surface area contributed by atoms with Crippen molar-refractivity contribution in [3.8, 4) is 0 Å². The highest BCUT2D eigenvalue weighted by Crippen LogP contribution is 2.02. The summed E-state index contributed by atoms with van der Waals surface area (Å²) in [5, 5.41) is 13.9. The van der Waals surface area contributed by atoms with Crippen molar-refractivity contribution in [2.45, 2.75) is 39.3 Å². The van der Waals surface area contributed by atoms with Crippen LogP contribution >= 0.6 is 0 Å². The largest absolute Gasteiger partial charge is 0.334 e. The molecule has 0 amide bonds. The number of pyridine rings is 1. The van der Waals surface area contributed by atoms with Crippen LogP contribution in [0.25, 0.3) is 0 Å². The van der Waals surface area contributed by atoms with E-state index in [1.54, 1.807) is 6.20 Å². The van der Waals surface area contributed by atoms with Crippen LogP contribution in [0.15, 0.2) is 23.1 Å². The van der Waals surface area contributed by atoms with Gasteiger partial charge < -0.3 is 9.88 Å². The van der Waals surface area contributed by atoms with Gasteiger partial charge in [0, 0.05) is 24.3 Å². The van der Waals surface area contributed by atoms with E-state index >= 15 is 0 Å². The minimum Gasteiger partial charge on any atom is -0.312 e. The van der Waals surface area contributed by atoms with Gasteiger partial charge in [0.15, 0.2) is 0 Å². The van der Waals surface area contributed by atoms with Gasteiger partial charge in [0.25, 0.3) is 0 Å². The third-order valence-corrected chi connectivity index (χ3v) is 2.43. The lowest BCUT2D eigenvalue weighted by molar-refractivity contribution is -0.386. The van der Waals surface area contributed by atoms with E-state index in [1.165, 1.54) is 16.7 Å². The topological polar surface area (TPSA) is 77.2 Å². The summed E-state index contributed by atoms with van der Waals surface area (Å²) < 4.78 is 1.38. The minimum atomic E-state index is -0.647. The smallest absolute Gasteiger partial charge is 0.312 e. The van der Waals surface area contributed by atoms with Crippen LogP contribution in [0.1, 0.15) is 27.2 Å². The monoisotopic (exact) mass is 253 g/mol. The first-order chi connectivity index (χ1) is 8.31. The third kappa shape index (κ3) is 4.29. The Morgan fingerprint density at radius 1 is 1.44 bits per heavy atom. The Hall–Kier alpha value is -1.69. The molecular weight excluding hydrogens is 234 g/mol. The summed E-state index contributed by atoms with van der Waals surface area (Å²) in [6.45, 7) is 7.42. The number of aryl methyl sites for hydroxylation is 1. The van der Waals surface area contributed by atoms with Crippen molar-refractivity contribution in [2.24, 2.45) is 0 Å². The summed E-state index contributed by atoms with van der Waals surface area (Å²) in [5.41, 5.74) is -0.882. The van der Waals surface area contributed by atoms with Crippen molar-refractivity contribution in [1.29, 1.82) is 0 Å². The van der Waals surface area contributed by atoms with Crippen LogP contribution in [-0.2, 0) is 6.54 Å². The molecule has 0 aromatic carbocycles. The Kier molecular flexibility index (Phi) is 4.61. The Morgan fingerprint density at radius 3 is 2.67 bits per heavy atom. The van der Waals surface area contributed by atoms with Gasteiger partial charge in [0.1, 0.15) is 0 Å². The zero-order chi connectivity index (χ0) is 13.8. The summed E-state index contributed by atoms with van der Waals surface area (Å²) in [5.74, 6) is 0. The standard InChI is InChI=1S/C12H19N3O3/c1-12(2,3)13-7-5-9-14-8-4-6-10(11(14)16)15(17)18/h4,6,8,13H,5,7,9H2,1-3H3. The second-order valence-corrected chi connectivity index (χ2v) is 5.18. The first-order valence-corrected chi connectivity index (χ1v) is 5.90. The van der Waals surface area contributed by atoms with Gasteiger partial charge in [-0.2, -0.15) is 0 Å². The Bertz CT molecular complexity index is 474. The van der Waals surface area contributed by atoms with Gasteiger partial charge in [-0.05, 0) is 39.8 Å². The lowest BCUT2D eigenvalue weighted by atomic mass is 10.1. The van der Waals surface area contributed by atoms with Crippen LogP contribution in [0.3, 0.4) is 0 Å². The SMILES string of the molecule is CC(C)(C)NCCCn1cccc([N+](=O)[O-])c1=O. The Labute approximate surface area is 106 Å². The van der Waals surface area contributed by atoms with E-state index in [0.29, 0.717) is 6.54 Å². The van der Waals surface area contributed by atoms with E-state index in [2.05, 4.69) is 26.1 Å². The first kappa shape index (κ1) is 14.4. The van der Waals surface area contributed by atoms with Crippen molar-refractivity contribution in [1.82, 2.24) is 9.88 Å². The fourth-order valence-electron chi connectivity index (χ4n) is 1.55. The Balaban J connectivity index is 2.61. The van der Waals surface area contributed by atoms with Gasteiger partial charge in [-0.3, -0.25) is 14.9 Å². The van der Waals surface area contributed by atoms with E-state index in [9.17, 15) is 14.9 Å². The number of aromatic nitrogens is 1. The molecule has 1 aromatic rings. The van der Waals surface area contributed by atoms with Crippen molar-refractivity contribution < 1.29 is 4.92 Å². The molecule has 0 atom stereocenters. The molecule has 0 aliphatic heterocycles. The van der Waals surface area contributed by atoms with Gasteiger partial charge in [0.05, 0.1) is 4.92 Å². The molecule has 1 aromatic heterocycles. The number of nitro groups is 1. The van der Waals surface area contributed by atoms with Gasteiger partial charge in [-0.1, -0.05) is 0 Å². The van der Waals surface area contributed by atoms with Crippen molar-refractivity contribution in [2.75, 3.05) is 6.54 Å². The van der Waals surface area contributed by atoms with Gasteiger partial charge in [-0.15, -0.1) is 0 Å². The van der Waals surface area contributed by atoms with E-state index < -0.39 is 10.5 Å². The molecular formula is C12H19N3O3. The summed E-state index contributed by atoms with van der Waals surface area (Å²) in [6.07, 6.45) is 2.32. The van der Waals surface area contributed by atoms with E-state index in [4.69, 9.17) is 0 Å². The maximum absolute atomic E-state index is 11.7. The molecule has 0 saturated carbocycles. The van der Waals surface area contributed by atoms with Crippen LogP contribution in [0.5, 0.6) is 0 Å². The molecule has 0 aliphatic rings. The van der Waals surface area contributed by atoms with E-state index in [-0.39, 0.29) is 11.2 Å². The van der Waals surface area contributed by atoms with E-state index in [0.717, 1.165) is 13.0 Å². The first-order valence-electron chi connectivity index (χ1n) is 5.90. The molecule has 0 unspecified atom stereocenters. The van der Waals surface area contributed by atoms with Crippen LogP contribution in [-0.4, -0.2) is 21.6 Å². The lowest BCUT2D eigenvalue weighted by Crippen LogP contribution is -2.37. The molecule has 100 valence electrons. The summed E-state index contributed by atoms with van der Waals surface area (Å²) in [4.78, 5) is 21.7. The second kappa shape index (κ2) is 5.77.